The van der Waals surface area contributed by atoms with Crippen LogP contribution >= 0.6 is 0 Å². The Hall–Kier alpha value is -2.31. The van der Waals surface area contributed by atoms with Crippen molar-refractivity contribution < 1.29 is 8.78 Å². The SMILES string of the molecule is Cn1nc(C(NN)c2ccc(F)cc2F)c2ccccc21. The van der Waals surface area contributed by atoms with Crippen molar-refractivity contribution in [2.45, 2.75) is 6.04 Å². The van der Waals surface area contributed by atoms with Crippen LogP contribution in [0.2, 0.25) is 0 Å². The second-order valence-corrected chi connectivity index (χ2v) is 4.79. The fourth-order valence-corrected chi connectivity index (χ4v) is 2.51. The van der Waals surface area contributed by atoms with Crippen LogP contribution in [-0.2, 0) is 7.05 Å². The number of nitrogens with zero attached hydrogens (tertiary/aromatic N) is 2. The molecule has 2 aromatic carbocycles. The van der Waals surface area contributed by atoms with E-state index in [1.807, 2.05) is 24.3 Å². The van der Waals surface area contributed by atoms with E-state index in [2.05, 4.69) is 10.5 Å². The van der Waals surface area contributed by atoms with E-state index in [0.29, 0.717) is 5.69 Å². The smallest absolute Gasteiger partial charge is 0.131 e. The molecular formula is C15H14F2N4. The summed E-state index contributed by atoms with van der Waals surface area (Å²) in [6.45, 7) is 0. The molecule has 0 spiro atoms. The van der Waals surface area contributed by atoms with Gasteiger partial charge in [0.1, 0.15) is 11.6 Å². The minimum atomic E-state index is -0.660. The first-order chi connectivity index (χ1) is 10.1. The number of aryl methyl sites for hydroxylation is 1. The maximum Gasteiger partial charge on any atom is 0.131 e. The molecule has 0 aliphatic rings. The first kappa shape index (κ1) is 13.7. The monoisotopic (exact) mass is 288 g/mol. The van der Waals surface area contributed by atoms with Crippen LogP contribution in [0.1, 0.15) is 17.3 Å². The van der Waals surface area contributed by atoms with Gasteiger partial charge in [0, 0.05) is 24.1 Å². The van der Waals surface area contributed by atoms with Crippen LogP contribution < -0.4 is 11.3 Å². The highest BCUT2D eigenvalue weighted by Crippen LogP contribution is 2.29. The minimum absolute atomic E-state index is 0.253. The average molecular weight is 288 g/mol. The Kier molecular flexibility index (Phi) is 3.40. The highest BCUT2D eigenvalue weighted by Gasteiger charge is 2.22. The van der Waals surface area contributed by atoms with E-state index in [-0.39, 0.29) is 5.56 Å². The average Bonchev–Trinajstić information content (AvgIpc) is 2.80. The van der Waals surface area contributed by atoms with Gasteiger partial charge in [-0.05, 0) is 12.1 Å². The predicted molar refractivity (Wildman–Crippen MR) is 76.2 cm³/mol. The van der Waals surface area contributed by atoms with E-state index < -0.39 is 17.7 Å². The Morgan fingerprint density at radius 1 is 1.19 bits per heavy atom. The van der Waals surface area contributed by atoms with E-state index >= 15 is 0 Å². The zero-order valence-corrected chi connectivity index (χ0v) is 11.3. The topological polar surface area (TPSA) is 55.9 Å². The van der Waals surface area contributed by atoms with Gasteiger partial charge < -0.3 is 0 Å². The van der Waals surface area contributed by atoms with Crippen molar-refractivity contribution in [1.29, 1.82) is 0 Å². The number of para-hydroxylation sites is 1. The molecule has 0 bridgehead atoms. The molecule has 1 aromatic heterocycles. The van der Waals surface area contributed by atoms with Crippen molar-refractivity contribution >= 4 is 10.9 Å². The number of hydrogen-bond donors (Lipinski definition) is 2. The van der Waals surface area contributed by atoms with Crippen LogP contribution in [0.25, 0.3) is 10.9 Å². The lowest BCUT2D eigenvalue weighted by molar-refractivity contribution is 0.534. The summed E-state index contributed by atoms with van der Waals surface area (Å²) in [4.78, 5) is 0. The predicted octanol–water partition coefficient (Wildman–Crippen LogP) is 2.40. The summed E-state index contributed by atoms with van der Waals surface area (Å²) in [5.41, 5.74) is 4.33. The zero-order chi connectivity index (χ0) is 15.0. The maximum atomic E-state index is 14.0. The van der Waals surface area contributed by atoms with Gasteiger partial charge in [-0.2, -0.15) is 5.10 Å². The van der Waals surface area contributed by atoms with E-state index in [4.69, 9.17) is 5.84 Å². The Morgan fingerprint density at radius 3 is 2.67 bits per heavy atom. The molecule has 3 aromatic rings. The molecule has 0 aliphatic heterocycles. The van der Waals surface area contributed by atoms with E-state index in [9.17, 15) is 8.78 Å². The fourth-order valence-electron chi connectivity index (χ4n) is 2.51. The molecule has 3 rings (SSSR count). The van der Waals surface area contributed by atoms with Gasteiger partial charge in [-0.1, -0.05) is 24.3 Å². The van der Waals surface area contributed by atoms with Crippen molar-refractivity contribution in [3.05, 3.63) is 65.4 Å². The Labute approximate surface area is 120 Å². The van der Waals surface area contributed by atoms with Crippen LogP contribution in [0, 0.1) is 11.6 Å². The van der Waals surface area contributed by atoms with Gasteiger partial charge >= 0.3 is 0 Å². The molecule has 1 heterocycles. The van der Waals surface area contributed by atoms with Gasteiger partial charge in [-0.3, -0.25) is 10.5 Å². The van der Waals surface area contributed by atoms with Gasteiger partial charge in [0.25, 0.3) is 0 Å². The van der Waals surface area contributed by atoms with Gasteiger partial charge in [-0.15, -0.1) is 0 Å². The first-order valence-electron chi connectivity index (χ1n) is 6.44. The largest absolute Gasteiger partial charge is 0.271 e. The molecule has 108 valence electrons. The molecule has 0 amide bonds. The standard InChI is InChI=1S/C15H14F2N4/c1-21-13-5-3-2-4-11(13)15(20-21)14(19-18)10-7-6-9(16)8-12(10)17/h2-8,14,19H,18H2,1H3. The lowest BCUT2D eigenvalue weighted by atomic mass is 10.0. The van der Waals surface area contributed by atoms with E-state index in [0.717, 1.165) is 17.0 Å². The van der Waals surface area contributed by atoms with Crippen LogP contribution in [0.4, 0.5) is 8.78 Å². The highest BCUT2D eigenvalue weighted by atomic mass is 19.1. The van der Waals surface area contributed by atoms with Crippen LogP contribution in [-0.4, -0.2) is 9.78 Å². The summed E-state index contributed by atoms with van der Waals surface area (Å²) < 4.78 is 28.8. The molecule has 0 saturated heterocycles. The fraction of sp³-hybridized carbons (Fsp3) is 0.133. The molecule has 3 N–H and O–H groups in total. The van der Waals surface area contributed by atoms with E-state index in [1.54, 1.807) is 11.7 Å². The lowest BCUT2D eigenvalue weighted by Crippen LogP contribution is -2.30. The van der Waals surface area contributed by atoms with Gasteiger partial charge in [0.2, 0.25) is 0 Å². The van der Waals surface area contributed by atoms with Gasteiger partial charge in [0.05, 0.1) is 17.3 Å². The second kappa shape index (κ2) is 5.23. The van der Waals surface area contributed by atoms with Crippen molar-refractivity contribution in [3.63, 3.8) is 0 Å². The summed E-state index contributed by atoms with van der Waals surface area (Å²) >= 11 is 0. The third-order valence-electron chi connectivity index (χ3n) is 3.50. The number of nitrogens with two attached hydrogens (primary N) is 1. The van der Waals surface area contributed by atoms with Gasteiger partial charge in [0.15, 0.2) is 0 Å². The molecule has 1 atom stereocenters. The van der Waals surface area contributed by atoms with Crippen LogP contribution in [0.3, 0.4) is 0 Å². The summed E-state index contributed by atoms with van der Waals surface area (Å²) in [5.74, 6) is 4.30. The third-order valence-corrected chi connectivity index (χ3v) is 3.50. The summed E-state index contributed by atoms with van der Waals surface area (Å²) in [6.07, 6.45) is 0. The minimum Gasteiger partial charge on any atom is -0.271 e. The van der Waals surface area contributed by atoms with Crippen molar-refractivity contribution in [3.8, 4) is 0 Å². The first-order valence-corrected chi connectivity index (χ1v) is 6.44. The molecule has 4 nitrogen and oxygen atoms in total. The number of hydrogen-bond acceptors (Lipinski definition) is 3. The number of nitrogens with one attached hydrogen (secondary N) is 1. The Balaban J connectivity index is 2.18. The third kappa shape index (κ3) is 2.28. The van der Waals surface area contributed by atoms with E-state index in [1.165, 1.54) is 12.1 Å². The number of halogens is 2. The number of hydrazine groups is 1. The molecule has 0 fully saturated rings. The Bertz CT molecular complexity index is 797. The molecule has 1 unspecified atom stereocenters. The molecule has 21 heavy (non-hydrogen) atoms. The van der Waals surface area contributed by atoms with Crippen molar-refractivity contribution in [1.82, 2.24) is 15.2 Å². The summed E-state index contributed by atoms with van der Waals surface area (Å²) in [6, 6.07) is 10.3. The molecule has 0 saturated carbocycles. The number of fused-ring (bicyclic) bond motifs is 1. The molecular weight excluding hydrogens is 274 g/mol. The van der Waals surface area contributed by atoms with Gasteiger partial charge in [-0.25, -0.2) is 14.2 Å². The molecule has 0 aliphatic carbocycles. The highest BCUT2D eigenvalue weighted by molar-refractivity contribution is 5.82. The number of benzene rings is 2. The molecule has 0 radical (unpaired) electrons. The normalized spacial score (nSPS) is 12.8. The number of aromatic nitrogens is 2. The zero-order valence-electron chi connectivity index (χ0n) is 11.3. The lowest BCUT2D eigenvalue weighted by Gasteiger charge is -2.15. The number of rotatable bonds is 3. The summed E-state index contributed by atoms with van der Waals surface area (Å²) in [7, 11) is 1.81. The molecule has 6 heteroatoms. The quantitative estimate of drug-likeness (QED) is 0.575. The summed E-state index contributed by atoms with van der Waals surface area (Å²) in [5, 5.41) is 5.28. The maximum absolute atomic E-state index is 14.0. The van der Waals surface area contributed by atoms with Crippen molar-refractivity contribution in [2.24, 2.45) is 12.9 Å². The van der Waals surface area contributed by atoms with Crippen molar-refractivity contribution in [2.75, 3.05) is 0 Å². The van der Waals surface area contributed by atoms with Crippen LogP contribution in [0.15, 0.2) is 42.5 Å². The van der Waals surface area contributed by atoms with Crippen LogP contribution in [0.5, 0.6) is 0 Å². The second-order valence-electron chi connectivity index (χ2n) is 4.79. The Morgan fingerprint density at radius 2 is 1.95 bits per heavy atom.